The summed E-state index contributed by atoms with van der Waals surface area (Å²) in [5.41, 5.74) is 1.92. The molecule has 3 fully saturated rings. The molecule has 1 heterocycles. The number of carbonyl (C=O) groups excluding carboxylic acids is 1. The summed E-state index contributed by atoms with van der Waals surface area (Å²) in [4.78, 5) is 12.3. The van der Waals surface area contributed by atoms with Gasteiger partial charge < -0.3 is 18.2 Å². The van der Waals surface area contributed by atoms with E-state index >= 15 is 0 Å². The van der Waals surface area contributed by atoms with Crippen LogP contribution in [0.5, 0.6) is 0 Å². The molecule has 3 aliphatic carbocycles. The minimum atomic E-state index is -4.82. The molecule has 8 heteroatoms. The smallest absolute Gasteiger partial charge is 0.336 e. The Labute approximate surface area is 204 Å². The van der Waals surface area contributed by atoms with Crippen LogP contribution in [0.2, 0.25) is 0 Å². The van der Waals surface area contributed by atoms with Crippen molar-refractivity contribution in [2.75, 3.05) is 7.11 Å². The summed E-state index contributed by atoms with van der Waals surface area (Å²) in [5, 5.41) is 0. The molecule has 0 unspecified atom stereocenters. The van der Waals surface area contributed by atoms with Crippen molar-refractivity contribution in [3.8, 4) is 0 Å². The van der Waals surface area contributed by atoms with E-state index in [2.05, 4.69) is 31.9 Å². The largest absolute Gasteiger partial charge is 0.716 e. The molecule has 4 aliphatic rings. The summed E-state index contributed by atoms with van der Waals surface area (Å²) in [6, 6.07) is 0. The van der Waals surface area contributed by atoms with Crippen molar-refractivity contribution in [3.05, 3.63) is 23.5 Å². The molecule has 0 N–H and O–H groups in total. The van der Waals surface area contributed by atoms with E-state index in [4.69, 9.17) is 9.47 Å². The van der Waals surface area contributed by atoms with Gasteiger partial charge in [0.25, 0.3) is 10.4 Å². The fraction of sp³-hybridized carbons (Fsp3) is 0.808. The van der Waals surface area contributed by atoms with Gasteiger partial charge in [0.15, 0.2) is 0 Å². The molecule has 0 aromatic rings. The predicted molar refractivity (Wildman–Crippen MR) is 126 cm³/mol. The van der Waals surface area contributed by atoms with E-state index in [9.17, 15) is 17.8 Å². The number of carbonyl (C=O) groups is 1. The lowest BCUT2D eigenvalue weighted by Gasteiger charge is -2.66. The SMILES string of the molecule is CO[C@@H]1C=C(CC[C@H]2/C(=C/OS(=O)(=O)[O-])CC[C@H]3[C@]2(C)CC[C@H]2C(C)(C)CCC[C@]32C)C(=O)O1. The normalized spacial score (nSPS) is 40.8. The highest BCUT2D eigenvalue weighted by molar-refractivity contribution is 7.80. The quantitative estimate of drug-likeness (QED) is 0.215. The van der Waals surface area contributed by atoms with Crippen molar-refractivity contribution in [3.63, 3.8) is 0 Å². The summed E-state index contributed by atoms with van der Waals surface area (Å²) in [6.45, 7) is 9.65. The van der Waals surface area contributed by atoms with Crippen LogP contribution >= 0.6 is 0 Å². The second kappa shape index (κ2) is 8.93. The summed E-state index contributed by atoms with van der Waals surface area (Å²) in [6.07, 6.45) is 11.0. The van der Waals surface area contributed by atoms with Gasteiger partial charge in [-0.25, -0.2) is 13.2 Å². The van der Waals surface area contributed by atoms with Crippen molar-refractivity contribution < 1.29 is 31.4 Å². The Bertz CT molecular complexity index is 981. The average Bonchev–Trinajstić information content (AvgIpc) is 3.09. The number of fused-ring (bicyclic) bond motifs is 3. The van der Waals surface area contributed by atoms with E-state index in [1.165, 1.54) is 32.6 Å². The van der Waals surface area contributed by atoms with Gasteiger partial charge in [-0.2, -0.15) is 0 Å². The van der Waals surface area contributed by atoms with Crippen molar-refractivity contribution in [1.82, 2.24) is 0 Å². The number of hydrogen-bond donors (Lipinski definition) is 0. The van der Waals surface area contributed by atoms with Crippen molar-refractivity contribution >= 4 is 16.4 Å². The highest BCUT2D eigenvalue weighted by atomic mass is 32.3. The van der Waals surface area contributed by atoms with Crippen molar-refractivity contribution in [2.45, 2.75) is 91.8 Å². The number of esters is 1. The number of rotatable bonds is 6. The van der Waals surface area contributed by atoms with Gasteiger partial charge in [0.2, 0.25) is 6.29 Å². The zero-order valence-electron chi connectivity index (χ0n) is 21.1. The maximum atomic E-state index is 12.3. The van der Waals surface area contributed by atoms with Gasteiger partial charge in [-0.3, -0.25) is 0 Å². The van der Waals surface area contributed by atoms with Gasteiger partial charge in [-0.1, -0.05) is 34.1 Å². The summed E-state index contributed by atoms with van der Waals surface area (Å²) in [7, 11) is -3.32. The van der Waals surface area contributed by atoms with Crippen LogP contribution in [-0.4, -0.2) is 32.3 Å². The summed E-state index contributed by atoms with van der Waals surface area (Å²) >= 11 is 0. The van der Waals surface area contributed by atoms with Crippen LogP contribution in [0.25, 0.3) is 0 Å². The number of allylic oxidation sites excluding steroid dienone is 1. The van der Waals surface area contributed by atoms with E-state index in [0.717, 1.165) is 24.8 Å². The third-order valence-corrected chi connectivity index (χ3v) is 10.2. The van der Waals surface area contributed by atoms with Crippen LogP contribution in [0.3, 0.4) is 0 Å². The first-order valence-corrected chi connectivity index (χ1v) is 13.9. The topological polar surface area (TPSA) is 102 Å². The zero-order valence-corrected chi connectivity index (χ0v) is 21.9. The van der Waals surface area contributed by atoms with Gasteiger partial charge in [-0.05, 0) is 97.0 Å². The first kappa shape index (κ1) is 25.7. The molecule has 1 aliphatic heterocycles. The predicted octanol–water partition coefficient (Wildman–Crippen LogP) is 5.24. The molecule has 192 valence electrons. The Morgan fingerprint density at radius 2 is 1.85 bits per heavy atom. The Kier molecular flexibility index (Phi) is 6.75. The number of ether oxygens (including phenoxy) is 2. The molecule has 3 saturated carbocycles. The van der Waals surface area contributed by atoms with Gasteiger partial charge in [0, 0.05) is 12.7 Å². The third-order valence-electron chi connectivity index (χ3n) is 9.88. The van der Waals surface area contributed by atoms with E-state index in [1.807, 2.05) is 0 Å². The lowest BCUT2D eigenvalue weighted by molar-refractivity contribution is -0.156. The van der Waals surface area contributed by atoms with Gasteiger partial charge in [0.1, 0.15) is 6.26 Å². The second-order valence-corrected chi connectivity index (χ2v) is 13.0. The number of cyclic esters (lactones) is 1. The average molecular weight is 496 g/mol. The molecule has 0 spiro atoms. The van der Waals surface area contributed by atoms with E-state index in [0.29, 0.717) is 42.1 Å². The molecule has 0 radical (unpaired) electrons. The number of hydrogen-bond acceptors (Lipinski definition) is 7. The van der Waals surface area contributed by atoms with E-state index in [-0.39, 0.29) is 22.7 Å². The van der Waals surface area contributed by atoms with Crippen molar-refractivity contribution in [2.24, 2.45) is 34.0 Å². The molecule has 6 atom stereocenters. The molecule has 0 aromatic carbocycles. The molecular weight excluding hydrogens is 456 g/mol. The fourth-order valence-electron chi connectivity index (χ4n) is 8.50. The van der Waals surface area contributed by atoms with E-state index < -0.39 is 16.7 Å². The van der Waals surface area contributed by atoms with Gasteiger partial charge >= 0.3 is 5.97 Å². The fourth-order valence-corrected chi connectivity index (χ4v) is 8.74. The minimum Gasteiger partial charge on any atom is -0.716 e. The minimum absolute atomic E-state index is 0.0195. The van der Waals surface area contributed by atoms with Crippen molar-refractivity contribution in [1.29, 1.82) is 0 Å². The molecule has 0 saturated heterocycles. The Balaban J connectivity index is 1.66. The summed E-state index contributed by atoms with van der Waals surface area (Å²) in [5.74, 6) is 0.802. The standard InChI is InChI=1S/C26H40O7S/c1-24(2)12-6-13-26(4)20(24)11-14-25(3)19(9-7-17-15-22(31-5)33-23(17)27)18(8-10-21(25)26)16-32-34(28,29)30/h15-16,19-22H,6-14H2,1-5H3,(H,28,29,30)/p-1/b18-16+/t19-,20-,21-,22-,25+,26-/m0/s1. The van der Waals surface area contributed by atoms with Crippen LogP contribution < -0.4 is 0 Å². The van der Waals surface area contributed by atoms with Crippen LogP contribution in [0.4, 0.5) is 0 Å². The highest BCUT2D eigenvalue weighted by Gasteiger charge is 2.61. The molecule has 0 bridgehead atoms. The Morgan fingerprint density at radius 3 is 2.50 bits per heavy atom. The molecule has 4 rings (SSSR count). The van der Waals surface area contributed by atoms with Crippen LogP contribution in [-0.2, 0) is 28.9 Å². The molecule has 0 amide bonds. The highest BCUT2D eigenvalue weighted by Crippen LogP contribution is 2.69. The van der Waals surface area contributed by atoms with Gasteiger partial charge in [-0.15, -0.1) is 0 Å². The second-order valence-electron chi connectivity index (χ2n) is 12.0. The Morgan fingerprint density at radius 1 is 1.12 bits per heavy atom. The maximum absolute atomic E-state index is 12.3. The number of methoxy groups -OCH3 is 1. The molecule has 7 nitrogen and oxygen atoms in total. The molecule has 34 heavy (non-hydrogen) atoms. The molecular formula is C26H39O7S-. The van der Waals surface area contributed by atoms with Crippen LogP contribution in [0.1, 0.15) is 85.5 Å². The first-order chi connectivity index (χ1) is 15.8. The summed E-state index contributed by atoms with van der Waals surface area (Å²) < 4.78 is 48.7. The van der Waals surface area contributed by atoms with Crippen LogP contribution in [0.15, 0.2) is 23.5 Å². The lowest BCUT2D eigenvalue weighted by Crippen LogP contribution is -2.58. The monoisotopic (exact) mass is 495 g/mol. The zero-order chi connectivity index (χ0) is 24.9. The molecule has 0 aromatic heterocycles. The van der Waals surface area contributed by atoms with Crippen LogP contribution in [0, 0.1) is 34.0 Å². The third kappa shape index (κ3) is 4.58. The maximum Gasteiger partial charge on any atom is 0.336 e. The first-order valence-electron chi connectivity index (χ1n) is 12.6. The Hall–Kier alpha value is -1.38. The lowest BCUT2D eigenvalue weighted by atomic mass is 9.39. The van der Waals surface area contributed by atoms with E-state index in [1.54, 1.807) is 6.08 Å². The van der Waals surface area contributed by atoms with Gasteiger partial charge in [0.05, 0.1) is 0 Å².